The van der Waals surface area contributed by atoms with E-state index in [1.807, 2.05) is 0 Å². The first-order chi connectivity index (χ1) is 6.90. The van der Waals surface area contributed by atoms with Gasteiger partial charge in [-0.05, 0) is 44.2 Å². The Labute approximate surface area is 88.7 Å². The smallest absolute Gasteiger partial charge is 0.00209 e. The average Bonchev–Trinajstić information content (AvgIpc) is 2.80. The van der Waals surface area contributed by atoms with Gasteiger partial charge in [-0.1, -0.05) is 38.5 Å². The maximum absolute atomic E-state index is 3.36. The second-order valence-corrected chi connectivity index (χ2v) is 5.39. The van der Waals surface area contributed by atoms with Crippen LogP contribution in [0.3, 0.4) is 0 Å². The molecule has 2 saturated carbocycles. The summed E-state index contributed by atoms with van der Waals surface area (Å²) in [6, 6.07) is 0. The summed E-state index contributed by atoms with van der Waals surface area (Å²) in [6.07, 6.45) is 12.1. The quantitative estimate of drug-likeness (QED) is 0.726. The molecule has 0 aromatic rings. The molecule has 2 unspecified atom stereocenters. The van der Waals surface area contributed by atoms with Gasteiger partial charge in [-0.3, -0.25) is 0 Å². The third-order valence-corrected chi connectivity index (χ3v) is 4.39. The largest absolute Gasteiger partial charge is 0.319 e. The fraction of sp³-hybridized carbons (Fsp3) is 1.00. The summed E-state index contributed by atoms with van der Waals surface area (Å²) in [5.74, 6) is 3.16. The molecule has 0 aromatic heterocycles. The zero-order valence-corrected chi connectivity index (χ0v) is 9.60. The number of rotatable bonds is 4. The molecule has 14 heavy (non-hydrogen) atoms. The zero-order valence-electron chi connectivity index (χ0n) is 9.60. The highest BCUT2D eigenvalue weighted by Crippen LogP contribution is 2.39. The molecule has 0 aromatic carbocycles. The van der Waals surface area contributed by atoms with Gasteiger partial charge < -0.3 is 5.32 Å². The van der Waals surface area contributed by atoms with Crippen molar-refractivity contribution in [2.75, 3.05) is 13.6 Å². The Balaban J connectivity index is 1.77. The van der Waals surface area contributed by atoms with E-state index in [1.165, 1.54) is 51.5 Å². The normalized spacial score (nSPS) is 34.1. The average molecular weight is 195 g/mol. The molecule has 0 saturated heterocycles. The van der Waals surface area contributed by atoms with Gasteiger partial charge in [-0.2, -0.15) is 0 Å². The van der Waals surface area contributed by atoms with Crippen molar-refractivity contribution in [3.63, 3.8) is 0 Å². The standard InChI is InChI=1S/C13H25N/c1-14-10-13-8-4-7-12(13)9-11-5-2-3-6-11/h11-14H,2-10H2,1H3. The summed E-state index contributed by atoms with van der Waals surface area (Å²) in [6.45, 7) is 1.26. The lowest BCUT2D eigenvalue weighted by Gasteiger charge is -2.22. The second-order valence-electron chi connectivity index (χ2n) is 5.39. The summed E-state index contributed by atoms with van der Waals surface area (Å²) >= 11 is 0. The Morgan fingerprint density at radius 3 is 2.36 bits per heavy atom. The minimum atomic E-state index is 1.00. The minimum absolute atomic E-state index is 1.00. The van der Waals surface area contributed by atoms with E-state index in [0.29, 0.717) is 0 Å². The van der Waals surface area contributed by atoms with Gasteiger partial charge >= 0.3 is 0 Å². The van der Waals surface area contributed by atoms with Crippen molar-refractivity contribution in [3.8, 4) is 0 Å². The van der Waals surface area contributed by atoms with Crippen molar-refractivity contribution in [2.45, 2.75) is 51.4 Å². The number of hydrogen-bond acceptors (Lipinski definition) is 1. The summed E-state index contributed by atoms with van der Waals surface area (Å²) < 4.78 is 0. The maximum atomic E-state index is 3.36. The van der Waals surface area contributed by atoms with E-state index in [9.17, 15) is 0 Å². The van der Waals surface area contributed by atoms with Crippen molar-refractivity contribution >= 4 is 0 Å². The maximum Gasteiger partial charge on any atom is -0.00209 e. The molecular weight excluding hydrogens is 170 g/mol. The fourth-order valence-electron chi connectivity index (χ4n) is 3.63. The summed E-state index contributed by atoms with van der Waals surface area (Å²) in [5.41, 5.74) is 0. The molecule has 0 amide bonds. The van der Waals surface area contributed by atoms with Gasteiger partial charge in [-0.15, -0.1) is 0 Å². The molecule has 0 radical (unpaired) electrons. The van der Waals surface area contributed by atoms with Crippen LogP contribution < -0.4 is 5.32 Å². The molecule has 2 aliphatic carbocycles. The molecule has 1 N–H and O–H groups in total. The molecule has 2 rings (SSSR count). The van der Waals surface area contributed by atoms with Gasteiger partial charge in [0.15, 0.2) is 0 Å². The van der Waals surface area contributed by atoms with Crippen LogP contribution in [0.4, 0.5) is 0 Å². The lowest BCUT2D eigenvalue weighted by atomic mass is 9.86. The van der Waals surface area contributed by atoms with Crippen molar-refractivity contribution in [2.24, 2.45) is 17.8 Å². The molecule has 0 heterocycles. The van der Waals surface area contributed by atoms with E-state index < -0.39 is 0 Å². The Kier molecular flexibility index (Phi) is 3.86. The van der Waals surface area contributed by atoms with Crippen LogP contribution in [0.15, 0.2) is 0 Å². The van der Waals surface area contributed by atoms with Crippen LogP contribution in [-0.4, -0.2) is 13.6 Å². The van der Waals surface area contributed by atoms with E-state index in [-0.39, 0.29) is 0 Å². The predicted octanol–water partition coefficient (Wildman–Crippen LogP) is 3.20. The molecule has 82 valence electrons. The zero-order chi connectivity index (χ0) is 9.80. The first-order valence-corrected chi connectivity index (χ1v) is 6.54. The van der Waals surface area contributed by atoms with E-state index in [0.717, 1.165) is 17.8 Å². The van der Waals surface area contributed by atoms with Crippen molar-refractivity contribution in [1.82, 2.24) is 5.32 Å². The lowest BCUT2D eigenvalue weighted by Crippen LogP contribution is -2.23. The number of nitrogens with one attached hydrogen (secondary N) is 1. The SMILES string of the molecule is CNCC1CCCC1CC1CCCC1. The first-order valence-electron chi connectivity index (χ1n) is 6.54. The van der Waals surface area contributed by atoms with Crippen molar-refractivity contribution in [1.29, 1.82) is 0 Å². The van der Waals surface area contributed by atoms with Gasteiger partial charge in [0.25, 0.3) is 0 Å². The van der Waals surface area contributed by atoms with Gasteiger partial charge in [-0.25, -0.2) is 0 Å². The van der Waals surface area contributed by atoms with E-state index in [4.69, 9.17) is 0 Å². The molecule has 2 aliphatic rings. The predicted molar refractivity (Wildman–Crippen MR) is 61.3 cm³/mol. The van der Waals surface area contributed by atoms with Crippen LogP contribution in [0.1, 0.15) is 51.4 Å². The van der Waals surface area contributed by atoms with E-state index >= 15 is 0 Å². The van der Waals surface area contributed by atoms with Crippen molar-refractivity contribution in [3.05, 3.63) is 0 Å². The van der Waals surface area contributed by atoms with Crippen LogP contribution in [-0.2, 0) is 0 Å². The van der Waals surface area contributed by atoms with Crippen LogP contribution in [0.25, 0.3) is 0 Å². The Morgan fingerprint density at radius 2 is 1.64 bits per heavy atom. The Morgan fingerprint density at radius 1 is 0.929 bits per heavy atom. The molecular formula is C13H25N. The van der Waals surface area contributed by atoms with Crippen molar-refractivity contribution < 1.29 is 0 Å². The highest BCUT2D eigenvalue weighted by atomic mass is 14.8. The minimum Gasteiger partial charge on any atom is -0.319 e. The van der Waals surface area contributed by atoms with Gasteiger partial charge in [0.2, 0.25) is 0 Å². The van der Waals surface area contributed by atoms with Crippen LogP contribution in [0.2, 0.25) is 0 Å². The van der Waals surface area contributed by atoms with Gasteiger partial charge in [0.05, 0.1) is 0 Å². The highest BCUT2D eigenvalue weighted by Gasteiger charge is 2.29. The van der Waals surface area contributed by atoms with Crippen LogP contribution in [0, 0.1) is 17.8 Å². The Bertz CT molecular complexity index is 161. The summed E-state index contributed by atoms with van der Waals surface area (Å²) in [5, 5.41) is 3.36. The molecule has 2 fully saturated rings. The third kappa shape index (κ3) is 2.50. The number of hydrogen-bond donors (Lipinski definition) is 1. The van der Waals surface area contributed by atoms with Crippen LogP contribution in [0.5, 0.6) is 0 Å². The molecule has 0 spiro atoms. The summed E-state index contributed by atoms with van der Waals surface area (Å²) in [7, 11) is 2.10. The van der Waals surface area contributed by atoms with E-state index in [2.05, 4.69) is 12.4 Å². The third-order valence-electron chi connectivity index (χ3n) is 4.39. The molecule has 1 heteroatoms. The fourth-order valence-corrected chi connectivity index (χ4v) is 3.63. The Hall–Kier alpha value is -0.0400. The monoisotopic (exact) mass is 195 g/mol. The highest BCUT2D eigenvalue weighted by molar-refractivity contribution is 4.82. The topological polar surface area (TPSA) is 12.0 Å². The molecule has 0 aliphatic heterocycles. The second kappa shape index (κ2) is 5.16. The van der Waals surface area contributed by atoms with E-state index in [1.54, 1.807) is 6.42 Å². The van der Waals surface area contributed by atoms with Crippen LogP contribution >= 0.6 is 0 Å². The molecule has 0 bridgehead atoms. The molecule has 1 nitrogen and oxygen atoms in total. The van der Waals surface area contributed by atoms with Gasteiger partial charge in [0, 0.05) is 0 Å². The van der Waals surface area contributed by atoms with Gasteiger partial charge in [0.1, 0.15) is 0 Å². The first kappa shape index (κ1) is 10.5. The summed E-state index contributed by atoms with van der Waals surface area (Å²) in [4.78, 5) is 0. The molecule has 2 atom stereocenters. The lowest BCUT2D eigenvalue weighted by molar-refractivity contribution is 0.300.